The first kappa shape index (κ1) is 39.4. The van der Waals surface area contributed by atoms with Crippen LogP contribution in [0.25, 0.3) is 0 Å². The van der Waals surface area contributed by atoms with Crippen molar-refractivity contribution >= 4 is 86.6 Å². The summed E-state index contributed by atoms with van der Waals surface area (Å²) in [7, 11) is 0. The molecule has 0 amide bonds. The van der Waals surface area contributed by atoms with Gasteiger partial charge in [-0.3, -0.25) is 0 Å². The molecule has 0 aliphatic rings. The quantitative estimate of drug-likeness (QED) is 0.273. The summed E-state index contributed by atoms with van der Waals surface area (Å²) < 4.78 is 2.66. The molecule has 4 radical (unpaired) electrons. The molecule has 0 atom stereocenters. The van der Waals surface area contributed by atoms with Crippen molar-refractivity contribution in [2.75, 3.05) is 0 Å². The molecule has 0 aromatic heterocycles. The van der Waals surface area contributed by atoms with Gasteiger partial charge in [0, 0.05) is 0 Å². The van der Waals surface area contributed by atoms with Gasteiger partial charge in [-0.1, -0.05) is 0 Å². The molecule has 0 bridgehead atoms. The standard InChI is InChI=1S/2C6H5Te.4C5H11.2Ga/c2*7-6-4-2-1-3-5-6;4*1-5(2,3)4;;/h2*1-5H;4*1H2,2-4H3;;. The monoisotopic (exact) mass is 836 g/mol. The van der Waals surface area contributed by atoms with Crippen LogP contribution in [0.4, 0.5) is 0 Å². The van der Waals surface area contributed by atoms with E-state index in [2.05, 4.69) is 107 Å². The Morgan fingerprint density at radius 3 is 0.722 bits per heavy atom. The van der Waals surface area contributed by atoms with Gasteiger partial charge in [-0.25, -0.2) is 0 Å². The molecule has 0 nitrogen and oxygen atoms in total. The molecular formula is C32H54Ga2Te2. The maximum absolute atomic E-state index is 2.35. The van der Waals surface area contributed by atoms with Crippen LogP contribution < -0.4 is 7.22 Å². The van der Waals surface area contributed by atoms with Gasteiger partial charge in [0.15, 0.2) is 0 Å². The Morgan fingerprint density at radius 2 is 0.611 bits per heavy atom. The van der Waals surface area contributed by atoms with E-state index in [4.69, 9.17) is 0 Å². The first-order valence-corrected chi connectivity index (χ1v) is 22.5. The van der Waals surface area contributed by atoms with Crippen molar-refractivity contribution in [2.45, 2.75) is 103 Å². The fourth-order valence-electron chi connectivity index (χ4n) is 2.72. The van der Waals surface area contributed by atoms with Crippen LogP contribution in [0.3, 0.4) is 0 Å². The minimum atomic E-state index is 0.0573. The summed E-state index contributed by atoms with van der Waals surface area (Å²) in [5.41, 5.74) is 2.35. The molecule has 0 saturated carbocycles. The molecule has 0 unspecified atom stereocenters. The molecule has 2 rings (SSSR count). The molecule has 200 valence electrons. The molecule has 4 heteroatoms. The molecule has 0 saturated heterocycles. The van der Waals surface area contributed by atoms with Gasteiger partial charge >= 0.3 is 272 Å². The molecular weight excluding hydrogens is 779 g/mol. The van der Waals surface area contributed by atoms with Crippen molar-refractivity contribution in [1.82, 2.24) is 0 Å². The number of hydrogen-bond donors (Lipinski definition) is 0. The first-order valence-electron chi connectivity index (χ1n) is 13.3. The topological polar surface area (TPSA) is 0 Å². The summed E-state index contributed by atoms with van der Waals surface area (Å²) in [6.45, 7) is 28.3. The third-order valence-corrected chi connectivity index (χ3v) is 18.8. The zero-order valence-electron chi connectivity index (χ0n) is 25.6. The van der Waals surface area contributed by atoms with Crippen LogP contribution in [-0.4, -0.2) is 79.4 Å². The number of hydrogen-bond acceptors (Lipinski definition) is 0. The van der Waals surface area contributed by atoms with E-state index < -0.39 is 0 Å². The van der Waals surface area contributed by atoms with Gasteiger partial charge in [0.2, 0.25) is 0 Å². The minimum absolute atomic E-state index is 0.0573. The van der Waals surface area contributed by atoms with Gasteiger partial charge in [-0.05, 0) is 0 Å². The van der Waals surface area contributed by atoms with Crippen molar-refractivity contribution in [3.05, 3.63) is 60.7 Å². The Bertz CT molecular complexity index is 652. The van der Waals surface area contributed by atoms with E-state index in [-0.39, 0.29) is 34.8 Å². The van der Waals surface area contributed by atoms with E-state index in [0.29, 0.717) is 21.7 Å². The molecule has 0 N–H and O–H groups in total. The normalized spacial score (nSPS) is 11.4. The van der Waals surface area contributed by atoms with Crippen molar-refractivity contribution in [1.29, 1.82) is 0 Å². The fraction of sp³-hybridized carbons (Fsp3) is 0.625. The van der Waals surface area contributed by atoms with E-state index >= 15 is 0 Å². The summed E-state index contributed by atoms with van der Waals surface area (Å²) >= 11 is 4.15. The Kier molecular flexibility index (Phi) is 22.1. The molecule has 0 heterocycles. The third-order valence-electron chi connectivity index (χ3n) is 4.51. The second-order valence-corrected chi connectivity index (χ2v) is 22.8. The van der Waals surface area contributed by atoms with Crippen LogP contribution in [0.5, 0.6) is 0 Å². The predicted molar refractivity (Wildman–Crippen MR) is 172 cm³/mol. The number of benzene rings is 2. The van der Waals surface area contributed by atoms with Gasteiger partial charge in [-0.2, -0.15) is 0 Å². The van der Waals surface area contributed by atoms with Crippen molar-refractivity contribution in [2.24, 2.45) is 21.7 Å². The SMILES string of the molecule is CC(C)(C)[CH2][Ga][CH2]C(C)(C)C.CC(C)(C)[CH2][Ga][CH2]C(C)(C)C.[Te]c1ccccc1.[Te]c1ccccc1. The molecule has 0 aliphatic carbocycles. The Labute approximate surface area is 269 Å². The van der Waals surface area contributed by atoms with Gasteiger partial charge in [0.1, 0.15) is 0 Å². The molecule has 2 aromatic rings. The summed E-state index contributed by atoms with van der Waals surface area (Å²) in [6.07, 6.45) is 0. The van der Waals surface area contributed by atoms with Crippen LogP contribution in [0, 0.1) is 21.7 Å². The van der Waals surface area contributed by atoms with Gasteiger partial charge < -0.3 is 0 Å². The van der Waals surface area contributed by atoms with Crippen molar-refractivity contribution in [3.63, 3.8) is 0 Å². The Balaban J connectivity index is 0. The predicted octanol–water partition coefficient (Wildman–Crippen LogP) is 8.20. The van der Waals surface area contributed by atoms with Crippen molar-refractivity contribution in [3.8, 4) is 0 Å². The summed E-state index contributed by atoms with van der Waals surface area (Å²) in [5.74, 6) is 0. The van der Waals surface area contributed by atoms with E-state index in [1.807, 2.05) is 81.0 Å². The van der Waals surface area contributed by atoms with Crippen LogP contribution in [0.2, 0.25) is 19.9 Å². The summed E-state index contributed by atoms with van der Waals surface area (Å²) in [5, 5.41) is 0. The van der Waals surface area contributed by atoms with Gasteiger partial charge in [0.25, 0.3) is 0 Å². The molecule has 0 spiro atoms. The average Bonchev–Trinajstić information content (AvgIpc) is 2.66. The van der Waals surface area contributed by atoms with Crippen LogP contribution in [0.15, 0.2) is 60.7 Å². The Morgan fingerprint density at radius 1 is 0.417 bits per heavy atom. The zero-order chi connectivity index (χ0) is 28.5. The van der Waals surface area contributed by atoms with Crippen molar-refractivity contribution < 1.29 is 0 Å². The summed E-state index contributed by atoms with van der Waals surface area (Å²) in [6, 6.07) is 20.6. The molecule has 36 heavy (non-hydrogen) atoms. The fourth-order valence-corrected chi connectivity index (χ4v) is 11.5. The van der Waals surface area contributed by atoms with E-state index in [1.165, 1.54) is 27.1 Å². The zero-order valence-corrected chi connectivity index (χ0v) is 35.1. The second-order valence-electron chi connectivity index (χ2n) is 14.3. The van der Waals surface area contributed by atoms with Crippen LogP contribution in [-0.2, 0) is 0 Å². The molecule has 0 fully saturated rings. The van der Waals surface area contributed by atoms with Crippen LogP contribution >= 0.6 is 0 Å². The molecule has 0 aliphatic heterocycles. The van der Waals surface area contributed by atoms with Gasteiger partial charge in [-0.15, -0.1) is 0 Å². The first-order chi connectivity index (χ1) is 16.2. The van der Waals surface area contributed by atoms with Gasteiger partial charge in [0.05, 0.1) is 0 Å². The van der Waals surface area contributed by atoms with E-state index in [9.17, 15) is 0 Å². The summed E-state index contributed by atoms with van der Waals surface area (Å²) in [4.78, 5) is 6.03. The second kappa shape index (κ2) is 20.2. The van der Waals surface area contributed by atoms with E-state index in [1.54, 1.807) is 0 Å². The molecule has 2 aromatic carbocycles. The third kappa shape index (κ3) is 37.4. The maximum atomic E-state index is 2.35. The number of rotatable bonds is 4. The average molecular weight is 833 g/mol. The van der Waals surface area contributed by atoms with E-state index in [0.717, 1.165) is 0 Å². The van der Waals surface area contributed by atoms with Crippen LogP contribution in [0.1, 0.15) is 83.1 Å². The Hall–Kier alpha value is 1.29.